The highest BCUT2D eigenvalue weighted by atomic mass is 35.5. The molecule has 2 aromatic heterocycles. The van der Waals surface area contributed by atoms with E-state index in [1.165, 1.54) is 5.56 Å². The van der Waals surface area contributed by atoms with Crippen LogP contribution in [0.15, 0.2) is 191 Å². The highest BCUT2D eigenvalue weighted by molar-refractivity contribution is 6.34. The maximum atomic E-state index is 7.11. The first-order valence-electron chi connectivity index (χ1n) is 18.8. The molecule has 0 fully saturated rings. The van der Waals surface area contributed by atoms with Gasteiger partial charge in [0, 0.05) is 55.3 Å². The number of anilines is 3. The van der Waals surface area contributed by atoms with Crippen molar-refractivity contribution >= 4 is 61.6 Å². The number of ether oxygens (including phenoxy) is 1. The first-order valence-corrected chi connectivity index (χ1v) is 19.1. The van der Waals surface area contributed by atoms with E-state index in [4.69, 9.17) is 25.2 Å². The second-order valence-electron chi connectivity index (χ2n) is 14.5. The van der Waals surface area contributed by atoms with E-state index < -0.39 is 5.41 Å². The molecule has 0 amide bonds. The number of hydrogen-bond donors (Lipinski definition) is 0. The lowest BCUT2D eigenvalue weighted by Gasteiger charge is -2.40. The van der Waals surface area contributed by atoms with Crippen molar-refractivity contribution in [3.05, 3.63) is 209 Å². The van der Waals surface area contributed by atoms with E-state index in [1.807, 2.05) is 36.4 Å². The minimum absolute atomic E-state index is 0.673. The van der Waals surface area contributed by atoms with Gasteiger partial charge in [0.15, 0.2) is 0 Å². The van der Waals surface area contributed by atoms with Crippen molar-refractivity contribution in [2.24, 2.45) is 0 Å². The maximum Gasteiger partial charge on any atom is 0.138 e. The van der Waals surface area contributed by atoms with E-state index in [2.05, 4.69) is 144 Å². The minimum atomic E-state index is -0.673. The Kier molecular flexibility index (Phi) is 6.57. The van der Waals surface area contributed by atoms with Crippen LogP contribution in [0.5, 0.6) is 11.5 Å². The van der Waals surface area contributed by atoms with Gasteiger partial charge < -0.3 is 18.5 Å². The summed E-state index contributed by atoms with van der Waals surface area (Å²) in [6, 6.07) is 61.6. The molecule has 0 radical (unpaired) electrons. The standard InChI is InChI=1S/C51H30ClNO3/c52-43-18-10-17-41-50(43)36-13-4-6-15-39(36)51(41)40-16-7-9-20-46(40)56-47-24-22-34(29-42(47)51)53(33-11-2-1-3-12-33)35-28-38(31-21-23-44-32(27-31)25-26-54-44)49-37-14-5-8-19-45(37)55-48(49)30-35/h1-30H. The fraction of sp³-hybridized carbons (Fsp3) is 0.0196. The second-order valence-corrected chi connectivity index (χ2v) is 15.0. The number of nitrogens with zero attached hydrogens (tertiary/aromatic N) is 1. The van der Waals surface area contributed by atoms with Crippen molar-refractivity contribution in [2.75, 3.05) is 4.90 Å². The summed E-state index contributed by atoms with van der Waals surface area (Å²) in [5.41, 5.74) is 13.6. The molecule has 0 N–H and O–H groups in total. The van der Waals surface area contributed by atoms with E-state index in [0.717, 1.165) is 105 Å². The Labute approximate surface area is 327 Å². The normalized spacial score (nSPS) is 15.1. The Balaban J connectivity index is 1.15. The summed E-state index contributed by atoms with van der Waals surface area (Å²) < 4.78 is 19.2. The van der Waals surface area contributed by atoms with Gasteiger partial charge in [-0.05, 0) is 101 Å². The number of benzene rings is 8. The fourth-order valence-corrected chi connectivity index (χ4v) is 9.66. The number of para-hydroxylation sites is 3. The van der Waals surface area contributed by atoms with Crippen LogP contribution in [-0.4, -0.2) is 0 Å². The van der Waals surface area contributed by atoms with E-state index in [0.29, 0.717) is 0 Å². The summed E-state index contributed by atoms with van der Waals surface area (Å²) in [4.78, 5) is 2.32. The fourth-order valence-electron chi connectivity index (χ4n) is 9.39. The third-order valence-electron chi connectivity index (χ3n) is 11.7. The lowest BCUT2D eigenvalue weighted by molar-refractivity contribution is 0.436. The number of hydrogen-bond acceptors (Lipinski definition) is 4. The smallest absolute Gasteiger partial charge is 0.138 e. The molecule has 1 aliphatic carbocycles. The van der Waals surface area contributed by atoms with Crippen molar-refractivity contribution < 1.29 is 13.6 Å². The Hall–Kier alpha value is -7.01. The monoisotopic (exact) mass is 739 g/mol. The molecule has 12 rings (SSSR count). The third kappa shape index (κ3) is 4.30. The van der Waals surface area contributed by atoms with Gasteiger partial charge in [0.25, 0.3) is 0 Å². The van der Waals surface area contributed by atoms with Crippen molar-refractivity contribution in [3.8, 4) is 33.8 Å². The number of halogens is 1. The Bertz CT molecular complexity index is 3210. The zero-order valence-corrected chi connectivity index (χ0v) is 30.6. The van der Waals surface area contributed by atoms with Gasteiger partial charge in [-0.2, -0.15) is 0 Å². The molecule has 4 nitrogen and oxygen atoms in total. The lowest BCUT2D eigenvalue weighted by atomic mass is 9.66. The lowest BCUT2D eigenvalue weighted by Crippen LogP contribution is -2.32. The summed E-state index contributed by atoms with van der Waals surface area (Å²) in [6.07, 6.45) is 1.74. The molecule has 1 spiro atoms. The van der Waals surface area contributed by atoms with Crippen LogP contribution in [-0.2, 0) is 5.41 Å². The van der Waals surface area contributed by atoms with Gasteiger partial charge in [-0.15, -0.1) is 0 Å². The molecular weight excluding hydrogens is 710 g/mol. The molecule has 0 bridgehead atoms. The van der Waals surface area contributed by atoms with Crippen LogP contribution in [0.1, 0.15) is 22.3 Å². The SMILES string of the molecule is Clc1cccc2c1-c1ccccc1C21c2ccccc2Oc2ccc(N(c3ccccc3)c3cc(-c4ccc5occc5c4)c4c(c3)oc3ccccc34)cc21. The average Bonchev–Trinajstić information content (AvgIpc) is 3.95. The first-order chi connectivity index (χ1) is 27.7. The number of furan rings is 2. The minimum Gasteiger partial charge on any atom is -0.464 e. The van der Waals surface area contributed by atoms with Crippen LogP contribution in [0.3, 0.4) is 0 Å². The zero-order chi connectivity index (χ0) is 37.0. The maximum absolute atomic E-state index is 7.11. The van der Waals surface area contributed by atoms with Gasteiger partial charge in [0.2, 0.25) is 0 Å². The Morgan fingerprint density at radius 2 is 1.27 bits per heavy atom. The summed E-state index contributed by atoms with van der Waals surface area (Å²) >= 11 is 7.11. The Morgan fingerprint density at radius 1 is 0.482 bits per heavy atom. The highest BCUT2D eigenvalue weighted by Gasteiger charge is 2.51. The highest BCUT2D eigenvalue weighted by Crippen LogP contribution is 2.63. The first kappa shape index (κ1) is 31.4. The van der Waals surface area contributed by atoms with Crippen LogP contribution in [0, 0.1) is 0 Å². The summed E-state index contributed by atoms with van der Waals surface area (Å²) in [7, 11) is 0. The molecule has 10 aromatic rings. The quantitative estimate of drug-likeness (QED) is 0.180. The molecule has 1 atom stereocenters. The van der Waals surface area contributed by atoms with Crippen molar-refractivity contribution in [2.45, 2.75) is 5.41 Å². The molecule has 1 unspecified atom stereocenters. The summed E-state index contributed by atoms with van der Waals surface area (Å²) in [5, 5.41) is 3.93. The molecular formula is C51H30ClNO3. The van der Waals surface area contributed by atoms with Crippen molar-refractivity contribution in [1.82, 2.24) is 0 Å². The van der Waals surface area contributed by atoms with E-state index >= 15 is 0 Å². The van der Waals surface area contributed by atoms with Gasteiger partial charge in [0.05, 0.1) is 17.4 Å². The summed E-state index contributed by atoms with van der Waals surface area (Å²) in [6.45, 7) is 0. The van der Waals surface area contributed by atoms with Gasteiger partial charge >= 0.3 is 0 Å². The summed E-state index contributed by atoms with van der Waals surface area (Å²) in [5.74, 6) is 1.65. The predicted octanol–water partition coefficient (Wildman–Crippen LogP) is 14.6. The van der Waals surface area contributed by atoms with Crippen LogP contribution >= 0.6 is 11.6 Å². The average molecular weight is 740 g/mol. The molecule has 8 aromatic carbocycles. The van der Waals surface area contributed by atoms with Gasteiger partial charge in [-0.3, -0.25) is 0 Å². The van der Waals surface area contributed by atoms with Crippen LogP contribution < -0.4 is 9.64 Å². The molecule has 264 valence electrons. The third-order valence-corrected chi connectivity index (χ3v) is 12.0. The second kappa shape index (κ2) is 11.7. The van der Waals surface area contributed by atoms with Gasteiger partial charge in [-0.25, -0.2) is 0 Å². The number of fused-ring (bicyclic) bond motifs is 13. The molecule has 5 heteroatoms. The predicted molar refractivity (Wildman–Crippen MR) is 226 cm³/mol. The molecule has 2 aliphatic rings. The molecule has 56 heavy (non-hydrogen) atoms. The van der Waals surface area contributed by atoms with Crippen LogP contribution in [0.2, 0.25) is 5.02 Å². The number of rotatable bonds is 4. The molecule has 1 aliphatic heterocycles. The topological polar surface area (TPSA) is 38.8 Å². The van der Waals surface area contributed by atoms with Crippen molar-refractivity contribution in [1.29, 1.82) is 0 Å². The molecule has 3 heterocycles. The van der Waals surface area contributed by atoms with E-state index in [9.17, 15) is 0 Å². The van der Waals surface area contributed by atoms with E-state index in [1.54, 1.807) is 6.26 Å². The van der Waals surface area contributed by atoms with Crippen LogP contribution in [0.25, 0.3) is 55.2 Å². The van der Waals surface area contributed by atoms with Gasteiger partial charge in [0.1, 0.15) is 28.2 Å². The largest absolute Gasteiger partial charge is 0.464 e. The van der Waals surface area contributed by atoms with Crippen molar-refractivity contribution in [3.63, 3.8) is 0 Å². The van der Waals surface area contributed by atoms with Gasteiger partial charge in [-0.1, -0.05) is 109 Å². The Morgan fingerprint density at radius 3 is 2.20 bits per heavy atom. The van der Waals surface area contributed by atoms with E-state index in [-0.39, 0.29) is 0 Å². The zero-order valence-electron chi connectivity index (χ0n) is 29.9. The molecule has 0 saturated carbocycles. The van der Waals surface area contributed by atoms with Crippen LogP contribution in [0.4, 0.5) is 17.1 Å². The molecule has 0 saturated heterocycles.